The number of sulfonamides is 1. The Bertz CT molecular complexity index is 1390. The van der Waals surface area contributed by atoms with Gasteiger partial charge in [0.1, 0.15) is 5.75 Å². The Balaban J connectivity index is 1.61. The van der Waals surface area contributed by atoms with Crippen LogP contribution in [0.3, 0.4) is 0 Å². The van der Waals surface area contributed by atoms with Crippen molar-refractivity contribution in [3.8, 4) is 17.0 Å². The van der Waals surface area contributed by atoms with Crippen molar-refractivity contribution in [3.63, 3.8) is 0 Å². The Morgan fingerprint density at radius 2 is 1.76 bits per heavy atom. The highest BCUT2D eigenvalue weighted by Crippen LogP contribution is 2.29. The maximum atomic E-state index is 13.0. The molecule has 4 aromatic rings. The normalized spacial score (nSPS) is 11.1. The second-order valence-corrected chi connectivity index (χ2v) is 10.3. The van der Waals surface area contributed by atoms with Gasteiger partial charge in [0.2, 0.25) is 0 Å². The predicted octanol–water partition coefficient (Wildman–Crippen LogP) is 5.63. The Morgan fingerprint density at radius 3 is 2.45 bits per heavy atom. The summed E-state index contributed by atoms with van der Waals surface area (Å²) in [4.78, 5) is 17.5. The summed E-state index contributed by atoms with van der Waals surface area (Å²) in [5.41, 5.74) is 1.89. The van der Waals surface area contributed by atoms with Crippen molar-refractivity contribution < 1.29 is 17.9 Å². The van der Waals surface area contributed by atoms with Gasteiger partial charge in [-0.2, -0.15) is 0 Å². The van der Waals surface area contributed by atoms with E-state index in [0.717, 1.165) is 15.7 Å². The van der Waals surface area contributed by atoms with Crippen molar-refractivity contribution in [2.45, 2.75) is 4.90 Å². The minimum atomic E-state index is -3.94. The number of nitrogens with zero attached hydrogens (tertiary/aromatic N) is 1. The predicted molar refractivity (Wildman–Crippen MR) is 133 cm³/mol. The lowest BCUT2D eigenvalue weighted by Gasteiger charge is -2.14. The molecule has 0 radical (unpaired) electrons. The first-order valence-electron chi connectivity index (χ1n) is 9.64. The molecule has 3 aromatic carbocycles. The van der Waals surface area contributed by atoms with Gasteiger partial charge in [0.15, 0.2) is 5.13 Å². The van der Waals surface area contributed by atoms with Gasteiger partial charge >= 0.3 is 0 Å². The van der Waals surface area contributed by atoms with E-state index in [4.69, 9.17) is 4.74 Å². The number of halogens is 1. The molecule has 4 rings (SSSR count). The van der Waals surface area contributed by atoms with E-state index >= 15 is 0 Å². The van der Waals surface area contributed by atoms with Crippen LogP contribution >= 0.6 is 27.3 Å². The third-order valence-electron chi connectivity index (χ3n) is 4.63. The fourth-order valence-corrected chi connectivity index (χ4v) is 5.04. The van der Waals surface area contributed by atoms with Crippen LogP contribution in [0, 0.1) is 0 Å². The van der Waals surface area contributed by atoms with Gasteiger partial charge < -0.3 is 4.74 Å². The van der Waals surface area contributed by atoms with Crippen LogP contribution in [0.5, 0.6) is 5.75 Å². The smallest absolute Gasteiger partial charge is 0.261 e. The van der Waals surface area contributed by atoms with Crippen molar-refractivity contribution in [2.75, 3.05) is 17.1 Å². The molecule has 0 atom stereocenters. The number of hydrogen-bond donors (Lipinski definition) is 2. The van der Waals surface area contributed by atoms with Crippen molar-refractivity contribution >= 4 is 54.0 Å². The van der Waals surface area contributed by atoms with E-state index in [2.05, 4.69) is 31.0 Å². The average Bonchev–Trinajstić information content (AvgIpc) is 3.28. The molecule has 0 unspecified atom stereocenters. The van der Waals surface area contributed by atoms with Crippen LogP contribution in [0.15, 0.2) is 87.5 Å². The molecule has 0 saturated heterocycles. The summed E-state index contributed by atoms with van der Waals surface area (Å²) in [5, 5.41) is 4.99. The third-order valence-corrected chi connectivity index (χ3v) is 7.30. The van der Waals surface area contributed by atoms with E-state index in [0.29, 0.717) is 10.9 Å². The van der Waals surface area contributed by atoms with Gasteiger partial charge in [-0.25, -0.2) is 13.4 Å². The van der Waals surface area contributed by atoms with Crippen LogP contribution in [0.4, 0.5) is 10.8 Å². The summed E-state index contributed by atoms with van der Waals surface area (Å²) in [7, 11) is -2.47. The summed E-state index contributed by atoms with van der Waals surface area (Å²) < 4.78 is 34.3. The summed E-state index contributed by atoms with van der Waals surface area (Å²) in [5.74, 6) is -0.0965. The zero-order valence-corrected chi connectivity index (χ0v) is 20.5. The topological polar surface area (TPSA) is 97.4 Å². The van der Waals surface area contributed by atoms with E-state index in [1.54, 1.807) is 18.2 Å². The number of nitrogens with one attached hydrogen (secondary N) is 2. The molecule has 0 aliphatic carbocycles. The highest BCUT2D eigenvalue weighted by atomic mass is 79.9. The molecule has 0 bridgehead atoms. The van der Waals surface area contributed by atoms with Gasteiger partial charge in [0, 0.05) is 21.5 Å². The quantitative estimate of drug-likeness (QED) is 0.314. The maximum Gasteiger partial charge on any atom is 0.261 e. The Kier molecular flexibility index (Phi) is 6.77. The van der Waals surface area contributed by atoms with E-state index < -0.39 is 15.9 Å². The molecule has 1 amide bonds. The van der Waals surface area contributed by atoms with Crippen LogP contribution in [-0.4, -0.2) is 26.4 Å². The number of ether oxygens (including phenoxy) is 1. The highest BCUT2D eigenvalue weighted by molar-refractivity contribution is 9.10. The van der Waals surface area contributed by atoms with Crippen molar-refractivity contribution in [3.05, 3.63) is 88.2 Å². The number of aromatic nitrogens is 1. The second-order valence-electron chi connectivity index (χ2n) is 6.83. The summed E-state index contributed by atoms with van der Waals surface area (Å²) in [6.45, 7) is 0. The fraction of sp³-hybridized carbons (Fsp3) is 0.0435. The Hall–Kier alpha value is -3.21. The van der Waals surface area contributed by atoms with E-state index in [1.165, 1.54) is 42.7 Å². The van der Waals surface area contributed by atoms with Gasteiger partial charge in [-0.3, -0.25) is 14.8 Å². The van der Waals surface area contributed by atoms with Gasteiger partial charge in [0.25, 0.3) is 15.9 Å². The van der Waals surface area contributed by atoms with Crippen molar-refractivity contribution in [1.82, 2.24) is 4.98 Å². The Labute approximate surface area is 203 Å². The van der Waals surface area contributed by atoms with Crippen molar-refractivity contribution in [2.24, 2.45) is 0 Å². The number of thiazole rings is 1. The molecule has 0 aliphatic heterocycles. The summed E-state index contributed by atoms with van der Waals surface area (Å²) in [6.07, 6.45) is 0. The van der Waals surface area contributed by atoms with Crippen LogP contribution in [0.25, 0.3) is 11.3 Å². The number of anilines is 2. The van der Waals surface area contributed by atoms with Crippen LogP contribution in [-0.2, 0) is 10.0 Å². The molecule has 33 heavy (non-hydrogen) atoms. The van der Waals surface area contributed by atoms with E-state index in [9.17, 15) is 13.2 Å². The first-order valence-corrected chi connectivity index (χ1v) is 12.8. The molecule has 2 N–H and O–H groups in total. The first kappa shape index (κ1) is 23.0. The zero-order valence-electron chi connectivity index (χ0n) is 17.3. The number of methoxy groups -OCH3 is 1. The molecule has 10 heteroatoms. The van der Waals surface area contributed by atoms with E-state index in [-0.39, 0.29) is 16.1 Å². The maximum absolute atomic E-state index is 13.0. The number of carbonyl (C=O) groups is 1. The number of carbonyl (C=O) groups excluding carboxylic acids is 1. The monoisotopic (exact) mass is 543 g/mol. The second kappa shape index (κ2) is 9.74. The molecule has 0 saturated carbocycles. The van der Waals surface area contributed by atoms with Gasteiger partial charge in [-0.05, 0) is 36.4 Å². The van der Waals surface area contributed by atoms with Crippen LogP contribution in [0.2, 0.25) is 0 Å². The molecule has 0 aliphatic rings. The Morgan fingerprint density at radius 1 is 1.03 bits per heavy atom. The van der Waals surface area contributed by atoms with Crippen LogP contribution < -0.4 is 14.8 Å². The average molecular weight is 544 g/mol. The van der Waals surface area contributed by atoms with E-state index in [1.807, 2.05) is 35.7 Å². The molecule has 1 heterocycles. The lowest BCUT2D eigenvalue weighted by atomic mass is 10.1. The van der Waals surface area contributed by atoms with Gasteiger partial charge in [-0.15, -0.1) is 11.3 Å². The number of hydrogen-bond acceptors (Lipinski definition) is 6. The SMILES string of the molecule is COc1ccc(C(=O)Nc2nc(-c3ccccc3)cs2)c(NS(=O)(=O)c2ccc(Br)cc2)c1. The lowest BCUT2D eigenvalue weighted by Crippen LogP contribution is -2.18. The summed E-state index contributed by atoms with van der Waals surface area (Å²) in [6, 6.07) is 20.3. The fourth-order valence-electron chi connectivity index (χ4n) is 2.99. The third kappa shape index (κ3) is 5.41. The van der Waals surface area contributed by atoms with Gasteiger partial charge in [0.05, 0.1) is 29.0 Å². The molecular formula is C23H18BrN3O4S2. The number of rotatable bonds is 7. The molecular weight excluding hydrogens is 526 g/mol. The molecule has 0 spiro atoms. The minimum absolute atomic E-state index is 0.0623. The molecule has 1 aromatic heterocycles. The number of amides is 1. The largest absolute Gasteiger partial charge is 0.497 e. The molecule has 0 fully saturated rings. The van der Waals surface area contributed by atoms with Crippen LogP contribution in [0.1, 0.15) is 10.4 Å². The number of benzene rings is 3. The first-order chi connectivity index (χ1) is 15.9. The molecule has 168 valence electrons. The highest BCUT2D eigenvalue weighted by Gasteiger charge is 2.20. The zero-order chi connectivity index (χ0) is 23.4. The minimum Gasteiger partial charge on any atom is -0.497 e. The lowest BCUT2D eigenvalue weighted by molar-refractivity contribution is 0.102. The van der Waals surface area contributed by atoms with Crippen molar-refractivity contribution in [1.29, 1.82) is 0 Å². The van der Waals surface area contributed by atoms with Gasteiger partial charge in [-0.1, -0.05) is 46.3 Å². The summed E-state index contributed by atoms with van der Waals surface area (Å²) >= 11 is 4.57. The molecule has 7 nitrogen and oxygen atoms in total. The standard InChI is InChI=1S/C23H18BrN3O4S2/c1-31-17-9-12-19(20(13-17)27-33(29,30)18-10-7-16(24)8-11-18)22(28)26-23-25-21(14-32-23)15-5-3-2-4-6-15/h2-14,27H,1H3,(H,25,26,28).